The Hall–Kier alpha value is -3.30. The minimum atomic E-state index is -3.78. The maximum Gasteiger partial charge on any atom is 0.243 e. The zero-order valence-corrected chi connectivity index (χ0v) is 17.7. The van der Waals surface area contributed by atoms with Gasteiger partial charge in [-0.15, -0.1) is 0 Å². The van der Waals surface area contributed by atoms with E-state index in [-0.39, 0.29) is 30.1 Å². The van der Waals surface area contributed by atoms with Crippen LogP contribution >= 0.6 is 0 Å². The monoisotopic (exact) mass is 443 g/mol. The fourth-order valence-electron chi connectivity index (χ4n) is 2.97. The number of carbonyl (C=O) groups is 2. The number of amides is 2. The highest BCUT2D eigenvalue weighted by Gasteiger charge is 2.17. The predicted molar refractivity (Wildman–Crippen MR) is 116 cm³/mol. The van der Waals surface area contributed by atoms with Crippen molar-refractivity contribution in [2.24, 2.45) is 0 Å². The summed E-state index contributed by atoms with van der Waals surface area (Å²) in [6, 6.07) is 17.6. The van der Waals surface area contributed by atoms with E-state index in [0.717, 1.165) is 10.8 Å². The summed E-state index contributed by atoms with van der Waals surface area (Å²) in [6.45, 7) is -0.351. The van der Waals surface area contributed by atoms with Crippen LogP contribution in [0, 0.1) is 5.82 Å². The summed E-state index contributed by atoms with van der Waals surface area (Å²) < 4.78 is 40.6. The van der Waals surface area contributed by atoms with Crippen molar-refractivity contribution in [2.75, 3.05) is 25.5 Å². The number of nitrogens with zero attached hydrogens (tertiary/aromatic N) is 1. The van der Waals surface area contributed by atoms with Gasteiger partial charge in [0.25, 0.3) is 0 Å². The van der Waals surface area contributed by atoms with E-state index >= 15 is 0 Å². The Morgan fingerprint density at radius 1 is 0.968 bits per heavy atom. The van der Waals surface area contributed by atoms with Crippen LogP contribution in [0.15, 0.2) is 71.6 Å². The molecule has 0 unspecified atom stereocenters. The summed E-state index contributed by atoms with van der Waals surface area (Å²) >= 11 is 0. The summed E-state index contributed by atoms with van der Waals surface area (Å²) in [6.07, 6.45) is -0.115. The molecule has 0 aliphatic rings. The SMILES string of the molecule is CN(CC(=O)Nc1cccc(F)c1)C(=O)CCNS(=O)(=O)c1ccc2ccccc2c1. The molecule has 7 nitrogen and oxygen atoms in total. The van der Waals surface area contributed by atoms with Crippen molar-refractivity contribution >= 4 is 38.3 Å². The lowest BCUT2D eigenvalue weighted by atomic mass is 10.1. The lowest BCUT2D eigenvalue weighted by molar-refractivity contribution is -0.133. The Bertz CT molecular complexity index is 1210. The van der Waals surface area contributed by atoms with E-state index in [4.69, 9.17) is 0 Å². The Morgan fingerprint density at radius 2 is 1.71 bits per heavy atom. The maximum absolute atomic E-state index is 13.2. The van der Waals surface area contributed by atoms with Gasteiger partial charge in [-0.3, -0.25) is 9.59 Å². The average molecular weight is 444 g/mol. The molecule has 0 bridgehead atoms. The van der Waals surface area contributed by atoms with Crippen molar-refractivity contribution in [3.05, 3.63) is 72.5 Å². The standard InChI is InChI=1S/C22H22FN3O4S/c1-26(15-21(27)25-19-8-4-7-18(23)14-19)22(28)11-12-24-31(29,30)20-10-9-16-5-2-3-6-17(16)13-20/h2-10,13-14,24H,11-12,15H2,1H3,(H,25,27). The number of hydrogen-bond acceptors (Lipinski definition) is 4. The van der Waals surface area contributed by atoms with Gasteiger partial charge >= 0.3 is 0 Å². The van der Waals surface area contributed by atoms with Gasteiger partial charge in [-0.25, -0.2) is 17.5 Å². The molecule has 2 N–H and O–H groups in total. The zero-order chi connectivity index (χ0) is 22.4. The topological polar surface area (TPSA) is 95.6 Å². The normalized spacial score (nSPS) is 11.3. The second-order valence-electron chi connectivity index (χ2n) is 6.97. The molecule has 0 aliphatic carbocycles. The van der Waals surface area contributed by atoms with Gasteiger partial charge in [0.2, 0.25) is 21.8 Å². The number of sulfonamides is 1. The smallest absolute Gasteiger partial charge is 0.243 e. The first-order valence-corrected chi connectivity index (χ1v) is 11.0. The number of likely N-dealkylation sites (N-methyl/N-ethyl adjacent to an activating group) is 1. The number of anilines is 1. The van der Waals surface area contributed by atoms with Gasteiger partial charge in [-0.2, -0.15) is 0 Å². The molecule has 2 amide bonds. The van der Waals surface area contributed by atoms with Crippen molar-refractivity contribution in [2.45, 2.75) is 11.3 Å². The molecule has 3 aromatic carbocycles. The Labute approximate surface area is 179 Å². The van der Waals surface area contributed by atoms with Crippen LogP contribution in [-0.4, -0.2) is 45.3 Å². The molecule has 0 atom stereocenters. The van der Waals surface area contributed by atoms with Crippen LogP contribution in [0.3, 0.4) is 0 Å². The molecular weight excluding hydrogens is 421 g/mol. The van der Waals surface area contributed by atoms with Gasteiger partial charge in [-0.1, -0.05) is 36.4 Å². The molecule has 0 spiro atoms. The Balaban J connectivity index is 1.50. The summed E-state index contributed by atoms with van der Waals surface area (Å²) in [5.41, 5.74) is 0.286. The second kappa shape index (κ2) is 9.67. The second-order valence-corrected chi connectivity index (χ2v) is 8.73. The van der Waals surface area contributed by atoms with E-state index in [2.05, 4.69) is 10.0 Å². The van der Waals surface area contributed by atoms with Crippen LogP contribution in [0.2, 0.25) is 0 Å². The van der Waals surface area contributed by atoms with Gasteiger partial charge < -0.3 is 10.2 Å². The number of nitrogens with one attached hydrogen (secondary N) is 2. The van der Waals surface area contributed by atoms with Crippen LogP contribution in [0.1, 0.15) is 6.42 Å². The summed E-state index contributed by atoms with van der Waals surface area (Å²) in [4.78, 5) is 25.6. The largest absolute Gasteiger partial charge is 0.336 e. The van der Waals surface area contributed by atoms with Crippen molar-refractivity contribution in [1.82, 2.24) is 9.62 Å². The van der Waals surface area contributed by atoms with Gasteiger partial charge in [0.1, 0.15) is 5.82 Å². The van der Waals surface area contributed by atoms with Crippen LogP contribution in [0.4, 0.5) is 10.1 Å². The predicted octanol–water partition coefficient (Wildman–Crippen LogP) is 2.74. The number of carbonyl (C=O) groups excluding carboxylic acids is 2. The van der Waals surface area contributed by atoms with E-state index in [9.17, 15) is 22.4 Å². The minimum Gasteiger partial charge on any atom is -0.336 e. The lowest BCUT2D eigenvalue weighted by Gasteiger charge is -2.17. The number of fused-ring (bicyclic) bond motifs is 1. The lowest BCUT2D eigenvalue weighted by Crippen LogP contribution is -2.37. The molecule has 0 saturated heterocycles. The fourth-order valence-corrected chi connectivity index (χ4v) is 4.04. The van der Waals surface area contributed by atoms with Crippen molar-refractivity contribution in [1.29, 1.82) is 0 Å². The molecule has 3 aromatic rings. The van der Waals surface area contributed by atoms with E-state index in [1.807, 2.05) is 24.3 Å². The van der Waals surface area contributed by atoms with Crippen LogP contribution in [-0.2, 0) is 19.6 Å². The highest BCUT2D eigenvalue weighted by Crippen LogP contribution is 2.18. The van der Waals surface area contributed by atoms with Gasteiger partial charge in [0.15, 0.2) is 0 Å². The first kappa shape index (κ1) is 22.4. The zero-order valence-electron chi connectivity index (χ0n) is 16.8. The molecule has 0 radical (unpaired) electrons. The molecular formula is C22H22FN3O4S. The maximum atomic E-state index is 13.2. The van der Waals surface area contributed by atoms with Crippen LogP contribution in [0.5, 0.6) is 0 Å². The first-order valence-electron chi connectivity index (χ1n) is 9.52. The van der Waals surface area contributed by atoms with E-state index in [1.165, 1.54) is 42.3 Å². The van der Waals surface area contributed by atoms with Crippen LogP contribution < -0.4 is 10.0 Å². The summed E-state index contributed by atoms with van der Waals surface area (Å²) in [5.74, 6) is -1.38. The third-order valence-corrected chi connectivity index (χ3v) is 6.04. The van der Waals surface area contributed by atoms with E-state index < -0.39 is 27.7 Å². The molecule has 3 rings (SSSR count). The van der Waals surface area contributed by atoms with E-state index in [0.29, 0.717) is 0 Å². The van der Waals surface area contributed by atoms with Crippen molar-refractivity contribution in [3.63, 3.8) is 0 Å². The van der Waals surface area contributed by atoms with Gasteiger partial charge in [-0.05, 0) is 41.1 Å². The number of hydrogen-bond donors (Lipinski definition) is 2. The Kier molecular flexibility index (Phi) is 6.98. The quantitative estimate of drug-likeness (QED) is 0.560. The molecule has 9 heteroatoms. The van der Waals surface area contributed by atoms with Crippen LogP contribution in [0.25, 0.3) is 10.8 Å². The number of benzene rings is 3. The average Bonchev–Trinajstić information content (AvgIpc) is 2.73. The molecule has 0 aromatic heterocycles. The third kappa shape index (κ3) is 6.09. The highest BCUT2D eigenvalue weighted by atomic mass is 32.2. The molecule has 31 heavy (non-hydrogen) atoms. The van der Waals surface area contributed by atoms with Crippen molar-refractivity contribution < 1.29 is 22.4 Å². The number of halogens is 1. The summed E-state index contributed by atoms with van der Waals surface area (Å²) in [7, 11) is -2.34. The molecule has 162 valence electrons. The molecule has 0 saturated carbocycles. The molecule has 0 aliphatic heterocycles. The number of rotatable bonds is 8. The molecule has 0 fully saturated rings. The van der Waals surface area contributed by atoms with Gasteiger partial charge in [0.05, 0.1) is 11.4 Å². The first-order chi connectivity index (χ1) is 14.7. The molecule has 0 heterocycles. The minimum absolute atomic E-state index is 0.107. The Morgan fingerprint density at radius 3 is 2.45 bits per heavy atom. The fraction of sp³-hybridized carbons (Fsp3) is 0.182. The van der Waals surface area contributed by atoms with Gasteiger partial charge in [0, 0.05) is 25.7 Å². The summed E-state index contributed by atoms with van der Waals surface area (Å²) in [5, 5.41) is 4.22. The van der Waals surface area contributed by atoms with Crippen molar-refractivity contribution in [3.8, 4) is 0 Å². The highest BCUT2D eigenvalue weighted by molar-refractivity contribution is 7.89. The third-order valence-electron chi connectivity index (χ3n) is 4.58. The van der Waals surface area contributed by atoms with E-state index in [1.54, 1.807) is 12.1 Å².